The molecular formula is C81H86O16. The van der Waals surface area contributed by atoms with Crippen LogP contribution < -0.4 is 0 Å². The largest absolute Gasteiger partial charge is 0.385 e. The molecule has 0 unspecified atom stereocenters. The lowest BCUT2D eigenvalue weighted by atomic mass is 9.95. The smallest absolute Gasteiger partial charge is 0.187 e. The summed E-state index contributed by atoms with van der Waals surface area (Å²) < 4.78 is 97.8. The Hall–Kier alpha value is -7.66. The highest BCUT2D eigenvalue weighted by Gasteiger charge is 2.57. The Labute approximate surface area is 568 Å². The molecule has 0 aliphatic carbocycles. The van der Waals surface area contributed by atoms with E-state index >= 15 is 0 Å². The van der Waals surface area contributed by atoms with Gasteiger partial charge in [-0.05, 0) is 50.1 Å². The molecule has 3 fully saturated rings. The highest BCUT2D eigenvalue weighted by atomic mass is 16.8. The van der Waals surface area contributed by atoms with Gasteiger partial charge < -0.3 is 76.5 Å². The number of hydrogen-bond acceptors (Lipinski definition) is 16. The molecule has 3 saturated heterocycles. The van der Waals surface area contributed by atoms with Crippen LogP contribution in [0.4, 0.5) is 0 Å². The average molecular weight is 1320 g/mol. The maximum absolute atomic E-state index is 13.3. The lowest BCUT2D eigenvalue weighted by molar-refractivity contribution is -0.402. The van der Waals surface area contributed by atoms with Crippen LogP contribution in [0, 0.1) is 0 Å². The SMILES string of the molecule is O[C@@H]1[C@@H](O[C@@H]2[C@@H](O[C@H]3[C@@H](OCc4ccccc4)[C@H](OCc4ccccc4)[C@@H](COCc4ccccc4)O[C@@H]3O)O[C@H](COCc3ccccc3)[C@@H](OCc3ccccc3)[C@@H]2OCc2ccccc2)O[C@H](COCc2ccccc2)[C@@H](OCc2ccccc2)[C@@H]1OCc1ccccc1. The van der Waals surface area contributed by atoms with Gasteiger partial charge in [0.05, 0.1) is 79.3 Å². The van der Waals surface area contributed by atoms with E-state index < -0.39 is 92.1 Å². The molecule has 15 atom stereocenters. The fourth-order valence-electron chi connectivity index (χ4n) is 12.3. The normalized spacial score (nSPS) is 25.7. The van der Waals surface area contributed by atoms with Gasteiger partial charge in [0.1, 0.15) is 73.2 Å². The summed E-state index contributed by atoms with van der Waals surface area (Å²) in [5, 5.41) is 26.1. The molecule has 0 spiro atoms. The van der Waals surface area contributed by atoms with Crippen LogP contribution >= 0.6 is 0 Å². The van der Waals surface area contributed by atoms with E-state index in [2.05, 4.69) is 0 Å². The summed E-state index contributed by atoms with van der Waals surface area (Å²) in [7, 11) is 0. The maximum atomic E-state index is 13.3. The Morgan fingerprint density at radius 2 is 0.454 bits per heavy atom. The summed E-state index contributed by atoms with van der Waals surface area (Å²) in [5.41, 5.74) is 8.12. The van der Waals surface area contributed by atoms with E-state index in [0.29, 0.717) is 0 Å². The highest BCUT2D eigenvalue weighted by Crippen LogP contribution is 2.39. The van der Waals surface area contributed by atoms with E-state index in [-0.39, 0.29) is 79.3 Å². The Morgan fingerprint density at radius 3 is 0.763 bits per heavy atom. The zero-order valence-corrected chi connectivity index (χ0v) is 54.2. The molecule has 506 valence electrons. The fourth-order valence-corrected chi connectivity index (χ4v) is 12.3. The van der Waals surface area contributed by atoms with E-state index in [0.717, 1.165) is 50.1 Å². The van der Waals surface area contributed by atoms with E-state index in [9.17, 15) is 10.2 Å². The van der Waals surface area contributed by atoms with E-state index in [1.54, 1.807) is 0 Å². The Kier molecular flexibility index (Phi) is 26.3. The van der Waals surface area contributed by atoms with Crippen molar-refractivity contribution in [2.75, 3.05) is 19.8 Å². The Bertz CT molecular complexity index is 3600. The maximum Gasteiger partial charge on any atom is 0.187 e. The van der Waals surface area contributed by atoms with Crippen LogP contribution in [-0.4, -0.2) is 122 Å². The van der Waals surface area contributed by atoms with E-state index in [4.69, 9.17) is 66.3 Å². The second-order valence-electron chi connectivity index (χ2n) is 24.4. The number of hydrogen-bond donors (Lipinski definition) is 2. The first-order chi connectivity index (χ1) is 47.9. The molecule has 0 saturated carbocycles. The van der Waals surface area contributed by atoms with Gasteiger partial charge in [-0.15, -0.1) is 0 Å². The zero-order chi connectivity index (χ0) is 66.1. The molecule has 0 amide bonds. The Morgan fingerprint density at radius 1 is 0.227 bits per heavy atom. The van der Waals surface area contributed by atoms with Crippen LogP contribution in [0.25, 0.3) is 0 Å². The average Bonchev–Trinajstić information content (AvgIpc) is 0.776. The minimum atomic E-state index is -1.68. The molecule has 2 N–H and O–H groups in total. The van der Waals surface area contributed by atoms with Gasteiger partial charge in [-0.25, -0.2) is 0 Å². The topological polar surface area (TPSA) is 170 Å². The van der Waals surface area contributed by atoms with Crippen molar-refractivity contribution in [2.45, 2.75) is 152 Å². The van der Waals surface area contributed by atoms with Crippen LogP contribution in [0.15, 0.2) is 273 Å². The third-order valence-electron chi connectivity index (χ3n) is 17.3. The summed E-state index contributed by atoms with van der Waals surface area (Å²) in [5.74, 6) is 0. The van der Waals surface area contributed by atoms with Crippen LogP contribution in [0.1, 0.15) is 50.1 Å². The van der Waals surface area contributed by atoms with Crippen molar-refractivity contribution in [1.29, 1.82) is 0 Å². The van der Waals surface area contributed by atoms with Crippen LogP contribution in [0.3, 0.4) is 0 Å². The summed E-state index contributed by atoms with van der Waals surface area (Å²) in [6.07, 6.45) is -17.8. The van der Waals surface area contributed by atoms with Gasteiger partial charge in [-0.3, -0.25) is 0 Å². The minimum Gasteiger partial charge on any atom is -0.385 e. The number of aliphatic hydroxyl groups is 2. The third kappa shape index (κ3) is 20.2. The van der Waals surface area contributed by atoms with Crippen LogP contribution in [-0.2, 0) is 126 Å². The summed E-state index contributed by atoms with van der Waals surface area (Å²) >= 11 is 0. The second-order valence-corrected chi connectivity index (χ2v) is 24.4. The van der Waals surface area contributed by atoms with E-state index in [1.165, 1.54) is 0 Å². The first-order valence-corrected chi connectivity index (χ1v) is 33.4. The second kappa shape index (κ2) is 36.8. The van der Waals surface area contributed by atoms with Crippen LogP contribution in [0.5, 0.6) is 0 Å². The molecule has 97 heavy (non-hydrogen) atoms. The zero-order valence-electron chi connectivity index (χ0n) is 54.2. The molecule has 3 aliphatic rings. The van der Waals surface area contributed by atoms with Gasteiger partial charge in [0, 0.05) is 0 Å². The van der Waals surface area contributed by atoms with Gasteiger partial charge in [0.15, 0.2) is 18.9 Å². The van der Waals surface area contributed by atoms with Gasteiger partial charge >= 0.3 is 0 Å². The highest BCUT2D eigenvalue weighted by molar-refractivity contribution is 5.21. The quantitative estimate of drug-likeness (QED) is 0.0390. The number of benzene rings is 9. The van der Waals surface area contributed by atoms with Gasteiger partial charge in [0.2, 0.25) is 0 Å². The number of aliphatic hydroxyl groups excluding tert-OH is 2. The van der Waals surface area contributed by atoms with Crippen molar-refractivity contribution in [3.8, 4) is 0 Å². The van der Waals surface area contributed by atoms with Crippen molar-refractivity contribution >= 4 is 0 Å². The van der Waals surface area contributed by atoms with Crippen molar-refractivity contribution in [3.05, 3.63) is 323 Å². The predicted molar refractivity (Wildman–Crippen MR) is 362 cm³/mol. The fraction of sp³-hybridized carbons (Fsp3) is 0.333. The molecule has 12 rings (SSSR count). The number of rotatable bonds is 34. The number of ether oxygens (including phenoxy) is 14. The molecular weight excluding hydrogens is 1230 g/mol. The van der Waals surface area contributed by atoms with Crippen molar-refractivity contribution in [1.82, 2.24) is 0 Å². The molecule has 3 heterocycles. The van der Waals surface area contributed by atoms with Crippen molar-refractivity contribution in [2.24, 2.45) is 0 Å². The first-order valence-electron chi connectivity index (χ1n) is 33.4. The first kappa shape index (κ1) is 69.2. The molecule has 9 aromatic carbocycles. The van der Waals surface area contributed by atoms with E-state index in [1.807, 2.05) is 273 Å². The molecule has 0 bridgehead atoms. The van der Waals surface area contributed by atoms with Gasteiger partial charge in [-0.1, -0.05) is 273 Å². The van der Waals surface area contributed by atoms with Gasteiger partial charge in [-0.2, -0.15) is 0 Å². The van der Waals surface area contributed by atoms with Gasteiger partial charge in [0.25, 0.3) is 0 Å². The summed E-state index contributed by atoms with van der Waals surface area (Å²) in [6, 6.07) is 88.3. The van der Waals surface area contributed by atoms with Crippen molar-refractivity contribution in [3.63, 3.8) is 0 Å². The standard InChI is InChI=1S/C81H86O16/c82-70-74(90-52-64-40-22-7-23-41-64)71(87-49-61-34-16-4-17-35-61)68(56-85-47-59-30-12-2-13-31-59)94-80(70)97-78-76(92-54-66-44-26-9-27-45-66)73(89-51-63-38-20-6-21-39-63)69(57-86-48-60-32-14-3-15-33-60)95-81(78)96-77-75(91-53-65-42-24-8-25-43-65)72(88-50-62-36-18-5-19-37-62)67(93-79(77)83)55-84-46-58-28-10-1-11-29-58/h1-45,67-83H,46-57H2/t67-,68-,69-,70+,71-,72-,73-,74-,75+,76+,77+,78+,79+,80-,81-/m1/s1. The predicted octanol–water partition coefficient (Wildman–Crippen LogP) is 12.4. The molecule has 16 nitrogen and oxygen atoms in total. The summed E-state index contributed by atoms with van der Waals surface area (Å²) in [6.45, 7) is 1.46. The summed E-state index contributed by atoms with van der Waals surface area (Å²) in [4.78, 5) is 0. The molecule has 16 heteroatoms. The lowest BCUT2D eigenvalue weighted by Gasteiger charge is -2.51. The Balaban J connectivity index is 0.950. The lowest BCUT2D eigenvalue weighted by Crippen LogP contribution is -2.68. The third-order valence-corrected chi connectivity index (χ3v) is 17.3. The molecule has 0 aromatic heterocycles. The molecule has 3 aliphatic heterocycles. The monoisotopic (exact) mass is 1310 g/mol. The van der Waals surface area contributed by atoms with Crippen LogP contribution in [0.2, 0.25) is 0 Å². The molecule has 0 radical (unpaired) electrons. The van der Waals surface area contributed by atoms with Crippen molar-refractivity contribution < 1.29 is 76.5 Å². The molecule has 9 aromatic rings. The minimum absolute atomic E-state index is 0.00254.